The highest BCUT2D eigenvalue weighted by atomic mass is 35.5. The molecule has 0 spiro atoms. The Morgan fingerprint density at radius 2 is 1.73 bits per heavy atom. The first kappa shape index (κ1) is 19.3. The van der Waals surface area contributed by atoms with E-state index in [0.29, 0.717) is 5.56 Å². The van der Waals surface area contributed by atoms with Crippen molar-refractivity contribution in [2.24, 2.45) is 0 Å². The first-order chi connectivity index (χ1) is 12.3. The number of allylic oxidation sites excluding steroid dienone is 2. The van der Waals surface area contributed by atoms with Crippen molar-refractivity contribution in [2.75, 3.05) is 19.1 Å². The second-order valence-corrected chi connectivity index (χ2v) is 5.68. The highest BCUT2D eigenvalue weighted by molar-refractivity contribution is 6.31. The fourth-order valence-electron chi connectivity index (χ4n) is 2.56. The molecule has 0 aliphatic carbocycles. The summed E-state index contributed by atoms with van der Waals surface area (Å²) in [6.45, 7) is 1.65. The summed E-state index contributed by atoms with van der Waals surface area (Å²) in [7, 11) is 2.34. The Balaban J connectivity index is 2.84. The molecule has 2 rings (SSSR count). The van der Waals surface area contributed by atoms with Crippen LogP contribution < -0.4 is 4.90 Å². The summed E-state index contributed by atoms with van der Waals surface area (Å²) in [4.78, 5) is 37.6. The number of rotatable bonds is 4. The average molecular weight is 378 g/mol. The van der Waals surface area contributed by atoms with Crippen LogP contribution in [0.5, 0.6) is 0 Å². The van der Waals surface area contributed by atoms with Gasteiger partial charge in [0.15, 0.2) is 0 Å². The molecule has 0 amide bonds. The number of anilines is 1. The van der Waals surface area contributed by atoms with Gasteiger partial charge in [-0.15, -0.1) is 0 Å². The summed E-state index contributed by atoms with van der Waals surface area (Å²) in [5.74, 6) is -2.83. The van der Waals surface area contributed by atoms with Crippen LogP contribution in [0, 0.1) is 6.92 Å². The quantitative estimate of drug-likeness (QED) is 0.806. The third-order valence-corrected chi connectivity index (χ3v) is 3.84. The van der Waals surface area contributed by atoms with E-state index in [-0.39, 0.29) is 27.5 Å². The number of methoxy groups -OCH3 is 2. The van der Waals surface area contributed by atoms with Crippen LogP contribution in [0.2, 0.25) is 5.02 Å². The highest BCUT2D eigenvalue weighted by Gasteiger charge is 2.30. The van der Waals surface area contributed by atoms with Crippen molar-refractivity contribution >= 4 is 35.2 Å². The number of carboxylic acids is 1. The maximum atomic E-state index is 12.4. The van der Waals surface area contributed by atoms with E-state index in [1.165, 1.54) is 36.4 Å². The zero-order valence-electron chi connectivity index (χ0n) is 14.3. The molecule has 1 heterocycles. The van der Waals surface area contributed by atoms with Gasteiger partial charge in [0.05, 0.1) is 31.0 Å². The maximum Gasteiger partial charge on any atom is 0.355 e. The van der Waals surface area contributed by atoms with Crippen LogP contribution in [0.3, 0.4) is 0 Å². The van der Waals surface area contributed by atoms with Crippen LogP contribution in [0.1, 0.15) is 15.9 Å². The standard InChI is InChI=1S/C18H16ClNO6/c1-10-8-11(19)9-13(16(21)22)14(10)20-7-5-4-6-12(17(23)25-2)15(20)18(24)26-3/h4-9H,1-3H3,(H,21,22). The molecule has 1 aliphatic rings. The number of hydrogen-bond donors (Lipinski definition) is 1. The summed E-state index contributed by atoms with van der Waals surface area (Å²) in [6, 6.07) is 2.83. The average Bonchev–Trinajstić information content (AvgIpc) is 2.82. The largest absolute Gasteiger partial charge is 0.478 e. The molecule has 1 aromatic rings. The van der Waals surface area contributed by atoms with Crippen LogP contribution in [-0.2, 0) is 19.1 Å². The molecule has 0 aromatic heterocycles. The first-order valence-corrected chi connectivity index (χ1v) is 7.78. The number of carbonyl (C=O) groups is 3. The molecule has 1 aromatic carbocycles. The summed E-state index contributed by atoms with van der Waals surface area (Å²) < 4.78 is 9.53. The molecule has 0 saturated heterocycles. The van der Waals surface area contributed by atoms with Gasteiger partial charge in [0.2, 0.25) is 0 Å². The van der Waals surface area contributed by atoms with Gasteiger partial charge in [-0.2, -0.15) is 0 Å². The number of benzene rings is 1. The van der Waals surface area contributed by atoms with Gasteiger partial charge in [-0.05, 0) is 36.8 Å². The van der Waals surface area contributed by atoms with E-state index in [1.807, 2.05) is 0 Å². The molecule has 7 nitrogen and oxygen atoms in total. The lowest BCUT2D eigenvalue weighted by Crippen LogP contribution is -2.28. The Bertz CT molecular complexity index is 869. The summed E-state index contributed by atoms with van der Waals surface area (Å²) in [6.07, 6.45) is 5.93. The molecule has 0 bridgehead atoms. The molecule has 0 unspecified atom stereocenters. The normalized spacial score (nSPS) is 13.5. The predicted molar refractivity (Wildman–Crippen MR) is 95.0 cm³/mol. The summed E-state index contributed by atoms with van der Waals surface area (Å²) in [5, 5.41) is 9.80. The maximum absolute atomic E-state index is 12.4. The lowest BCUT2D eigenvalue weighted by molar-refractivity contribution is -0.139. The molecule has 26 heavy (non-hydrogen) atoms. The molecule has 0 saturated carbocycles. The summed E-state index contributed by atoms with van der Waals surface area (Å²) >= 11 is 5.98. The van der Waals surface area contributed by atoms with E-state index in [0.717, 1.165) is 7.11 Å². The number of carboxylic acid groups (broad SMARTS) is 1. The number of nitrogens with zero attached hydrogens (tertiary/aromatic N) is 1. The monoisotopic (exact) mass is 377 g/mol. The number of hydrogen-bond acceptors (Lipinski definition) is 6. The van der Waals surface area contributed by atoms with Crippen LogP contribution >= 0.6 is 11.6 Å². The van der Waals surface area contributed by atoms with E-state index >= 15 is 0 Å². The van der Waals surface area contributed by atoms with Crippen molar-refractivity contribution in [3.05, 3.63) is 64.0 Å². The molecular formula is C18H16ClNO6. The molecule has 0 fully saturated rings. The van der Waals surface area contributed by atoms with Crippen molar-refractivity contribution in [3.8, 4) is 0 Å². The van der Waals surface area contributed by atoms with E-state index in [1.54, 1.807) is 19.1 Å². The fourth-order valence-corrected chi connectivity index (χ4v) is 2.83. The van der Waals surface area contributed by atoms with Gasteiger partial charge in [-0.3, -0.25) is 0 Å². The van der Waals surface area contributed by atoms with Gasteiger partial charge in [0.1, 0.15) is 5.70 Å². The van der Waals surface area contributed by atoms with E-state index in [4.69, 9.17) is 21.1 Å². The first-order valence-electron chi connectivity index (χ1n) is 7.40. The Morgan fingerprint density at radius 3 is 2.31 bits per heavy atom. The van der Waals surface area contributed by atoms with Crippen molar-refractivity contribution in [2.45, 2.75) is 6.92 Å². The molecular weight excluding hydrogens is 362 g/mol. The minimum atomic E-state index is -1.24. The molecule has 0 radical (unpaired) electrons. The number of aromatic carboxylic acids is 1. The highest BCUT2D eigenvalue weighted by Crippen LogP contribution is 2.34. The number of aryl methyl sites for hydroxylation is 1. The molecule has 1 aliphatic heterocycles. The van der Waals surface area contributed by atoms with E-state index in [9.17, 15) is 19.5 Å². The van der Waals surface area contributed by atoms with Crippen LogP contribution in [0.4, 0.5) is 5.69 Å². The second-order valence-electron chi connectivity index (χ2n) is 5.24. The number of halogens is 1. The molecule has 136 valence electrons. The zero-order valence-corrected chi connectivity index (χ0v) is 15.0. The zero-order chi connectivity index (χ0) is 19.4. The minimum absolute atomic E-state index is 0.0740. The molecule has 1 N–H and O–H groups in total. The van der Waals surface area contributed by atoms with E-state index in [2.05, 4.69) is 0 Å². The van der Waals surface area contributed by atoms with Gasteiger partial charge in [0.25, 0.3) is 0 Å². The molecule has 8 heteroatoms. The number of carbonyl (C=O) groups excluding carboxylic acids is 2. The topological polar surface area (TPSA) is 93.1 Å². The van der Waals surface area contributed by atoms with Crippen LogP contribution in [0.25, 0.3) is 0 Å². The van der Waals surface area contributed by atoms with Gasteiger partial charge < -0.3 is 19.5 Å². The molecule has 0 atom stereocenters. The third kappa shape index (κ3) is 3.62. The fraction of sp³-hybridized carbons (Fsp3) is 0.167. The van der Waals surface area contributed by atoms with Crippen molar-refractivity contribution in [1.29, 1.82) is 0 Å². The second kappa shape index (κ2) is 7.88. The van der Waals surface area contributed by atoms with E-state index < -0.39 is 17.9 Å². The minimum Gasteiger partial charge on any atom is -0.478 e. The van der Waals surface area contributed by atoms with Gasteiger partial charge in [-0.1, -0.05) is 17.7 Å². The Labute approximate surface area is 154 Å². The smallest absolute Gasteiger partial charge is 0.355 e. The number of esters is 2. The van der Waals surface area contributed by atoms with Crippen molar-refractivity contribution in [1.82, 2.24) is 0 Å². The number of ether oxygens (including phenoxy) is 2. The summed E-state index contributed by atoms with van der Waals surface area (Å²) in [5.41, 5.74) is 0.301. The van der Waals surface area contributed by atoms with Crippen LogP contribution in [-0.4, -0.2) is 37.2 Å². The van der Waals surface area contributed by atoms with Gasteiger partial charge in [-0.25, -0.2) is 14.4 Å². The Morgan fingerprint density at radius 1 is 1.08 bits per heavy atom. The van der Waals surface area contributed by atoms with Crippen LogP contribution in [0.15, 0.2) is 47.8 Å². The Hall–Kier alpha value is -3.06. The van der Waals surface area contributed by atoms with Gasteiger partial charge >= 0.3 is 17.9 Å². The van der Waals surface area contributed by atoms with Gasteiger partial charge in [0, 0.05) is 11.2 Å². The lowest BCUT2D eigenvalue weighted by atomic mass is 10.0. The third-order valence-electron chi connectivity index (χ3n) is 3.63. The predicted octanol–water partition coefficient (Wildman–Crippen LogP) is 2.84. The Kier molecular flexibility index (Phi) is 5.84. The lowest BCUT2D eigenvalue weighted by Gasteiger charge is -2.26. The SMILES string of the molecule is COC(=O)C1=C(C(=O)OC)N(c2c(C)cc(Cl)cc2C(=O)O)C=CC=C1. The van der Waals surface area contributed by atoms with Crippen molar-refractivity contribution < 1.29 is 29.0 Å². The van der Waals surface area contributed by atoms with Crippen molar-refractivity contribution in [3.63, 3.8) is 0 Å².